The number of aryl methyl sites for hydroxylation is 1. The molecule has 1 fully saturated rings. The molecule has 1 atom stereocenters. The standard InChI is InChI=1S/C13H23N3/c1-2-9-16-10-8-15-13(16)11-12-6-4-3-5-7-14-12/h8,10,12,14H,2-7,9,11H2,1H3. The molecule has 0 bridgehead atoms. The van der Waals surface area contributed by atoms with Crippen LogP contribution in [0.1, 0.15) is 44.9 Å². The molecule has 0 amide bonds. The van der Waals surface area contributed by atoms with Gasteiger partial charge in [0.15, 0.2) is 0 Å². The van der Waals surface area contributed by atoms with Gasteiger partial charge in [0.25, 0.3) is 0 Å². The fraction of sp³-hybridized carbons (Fsp3) is 0.769. The molecule has 2 heterocycles. The Morgan fingerprint density at radius 2 is 2.38 bits per heavy atom. The van der Waals surface area contributed by atoms with Crippen LogP contribution < -0.4 is 5.32 Å². The van der Waals surface area contributed by atoms with Crippen LogP contribution in [-0.2, 0) is 13.0 Å². The third-order valence-electron chi connectivity index (χ3n) is 3.36. The van der Waals surface area contributed by atoms with E-state index in [0.717, 1.165) is 13.0 Å². The first-order valence-electron chi connectivity index (χ1n) is 6.63. The maximum atomic E-state index is 4.48. The van der Waals surface area contributed by atoms with E-state index < -0.39 is 0 Å². The number of aromatic nitrogens is 2. The summed E-state index contributed by atoms with van der Waals surface area (Å²) in [6.45, 7) is 4.49. The summed E-state index contributed by atoms with van der Waals surface area (Å²) < 4.78 is 2.30. The Balaban J connectivity index is 1.93. The molecule has 1 aliphatic rings. The van der Waals surface area contributed by atoms with Crippen molar-refractivity contribution in [2.45, 2.75) is 58.0 Å². The highest BCUT2D eigenvalue weighted by Crippen LogP contribution is 2.12. The van der Waals surface area contributed by atoms with Crippen LogP contribution in [0.3, 0.4) is 0 Å². The van der Waals surface area contributed by atoms with Crippen molar-refractivity contribution in [2.75, 3.05) is 6.54 Å². The summed E-state index contributed by atoms with van der Waals surface area (Å²) >= 11 is 0. The fourth-order valence-corrected chi connectivity index (χ4v) is 2.47. The smallest absolute Gasteiger partial charge is 0.110 e. The van der Waals surface area contributed by atoms with Crippen LogP contribution in [0, 0.1) is 0 Å². The molecule has 16 heavy (non-hydrogen) atoms. The summed E-state index contributed by atoms with van der Waals surface area (Å²) in [5.41, 5.74) is 0. The van der Waals surface area contributed by atoms with Crippen molar-refractivity contribution in [1.82, 2.24) is 14.9 Å². The van der Waals surface area contributed by atoms with Gasteiger partial charge < -0.3 is 9.88 Å². The first kappa shape index (κ1) is 11.6. The summed E-state index contributed by atoms with van der Waals surface area (Å²) in [5, 5.41) is 3.64. The van der Waals surface area contributed by atoms with Gasteiger partial charge in [0, 0.05) is 31.4 Å². The minimum absolute atomic E-state index is 0.639. The Morgan fingerprint density at radius 1 is 1.44 bits per heavy atom. The number of hydrogen-bond acceptors (Lipinski definition) is 2. The molecule has 1 unspecified atom stereocenters. The molecule has 0 radical (unpaired) electrons. The van der Waals surface area contributed by atoms with E-state index in [0.29, 0.717) is 6.04 Å². The zero-order valence-electron chi connectivity index (χ0n) is 10.3. The van der Waals surface area contributed by atoms with Crippen molar-refractivity contribution >= 4 is 0 Å². The molecule has 0 spiro atoms. The van der Waals surface area contributed by atoms with Crippen LogP contribution in [0.25, 0.3) is 0 Å². The Labute approximate surface area is 98.3 Å². The van der Waals surface area contributed by atoms with Crippen LogP contribution in [0.5, 0.6) is 0 Å². The van der Waals surface area contributed by atoms with E-state index in [-0.39, 0.29) is 0 Å². The third-order valence-corrected chi connectivity index (χ3v) is 3.36. The lowest BCUT2D eigenvalue weighted by Crippen LogP contribution is -2.31. The van der Waals surface area contributed by atoms with Crippen LogP contribution in [0.15, 0.2) is 12.4 Å². The summed E-state index contributed by atoms with van der Waals surface area (Å²) in [6, 6.07) is 0.639. The number of nitrogens with one attached hydrogen (secondary N) is 1. The number of hydrogen-bond donors (Lipinski definition) is 1. The molecule has 2 rings (SSSR count). The van der Waals surface area contributed by atoms with Crippen molar-refractivity contribution in [1.29, 1.82) is 0 Å². The third kappa shape index (κ3) is 3.08. The molecule has 0 aromatic carbocycles. The van der Waals surface area contributed by atoms with Gasteiger partial charge in [0.1, 0.15) is 5.82 Å². The van der Waals surface area contributed by atoms with Crippen molar-refractivity contribution in [3.63, 3.8) is 0 Å². The van der Waals surface area contributed by atoms with Crippen molar-refractivity contribution in [3.8, 4) is 0 Å². The van der Waals surface area contributed by atoms with Crippen LogP contribution in [-0.4, -0.2) is 22.1 Å². The van der Waals surface area contributed by atoms with E-state index in [1.165, 1.54) is 44.5 Å². The van der Waals surface area contributed by atoms with Gasteiger partial charge in [-0.2, -0.15) is 0 Å². The Kier molecular flexibility index (Phi) is 4.40. The van der Waals surface area contributed by atoms with E-state index in [2.05, 4.69) is 28.0 Å². The Hall–Kier alpha value is -0.830. The lowest BCUT2D eigenvalue weighted by molar-refractivity contribution is 0.483. The number of imidazole rings is 1. The lowest BCUT2D eigenvalue weighted by Gasteiger charge is -2.16. The van der Waals surface area contributed by atoms with Gasteiger partial charge >= 0.3 is 0 Å². The minimum Gasteiger partial charge on any atom is -0.335 e. The zero-order chi connectivity index (χ0) is 11.2. The van der Waals surface area contributed by atoms with Crippen LogP contribution in [0.4, 0.5) is 0 Å². The lowest BCUT2D eigenvalue weighted by atomic mass is 10.1. The summed E-state index contributed by atoms with van der Waals surface area (Å²) in [4.78, 5) is 4.48. The van der Waals surface area contributed by atoms with Gasteiger partial charge in [-0.15, -0.1) is 0 Å². The molecular formula is C13H23N3. The topological polar surface area (TPSA) is 29.9 Å². The molecule has 1 saturated heterocycles. The van der Waals surface area contributed by atoms with E-state index in [1.54, 1.807) is 0 Å². The molecule has 1 aromatic rings. The van der Waals surface area contributed by atoms with Crippen molar-refractivity contribution in [2.24, 2.45) is 0 Å². The van der Waals surface area contributed by atoms with Gasteiger partial charge in [-0.1, -0.05) is 19.8 Å². The summed E-state index contributed by atoms with van der Waals surface area (Å²) in [6.07, 6.45) is 11.7. The second kappa shape index (κ2) is 6.04. The van der Waals surface area contributed by atoms with Gasteiger partial charge in [0.05, 0.1) is 0 Å². The molecule has 3 heteroatoms. The normalized spacial score (nSPS) is 21.9. The zero-order valence-corrected chi connectivity index (χ0v) is 10.3. The fourth-order valence-electron chi connectivity index (χ4n) is 2.47. The highest BCUT2D eigenvalue weighted by molar-refractivity contribution is 4.96. The first-order valence-corrected chi connectivity index (χ1v) is 6.63. The van der Waals surface area contributed by atoms with E-state index in [9.17, 15) is 0 Å². The Bertz CT molecular complexity index is 298. The second-order valence-corrected chi connectivity index (χ2v) is 4.74. The molecule has 1 aromatic heterocycles. The Morgan fingerprint density at radius 3 is 3.25 bits per heavy atom. The van der Waals surface area contributed by atoms with Gasteiger partial charge in [0.2, 0.25) is 0 Å². The number of nitrogens with zero attached hydrogens (tertiary/aromatic N) is 2. The maximum Gasteiger partial charge on any atom is 0.110 e. The van der Waals surface area contributed by atoms with Crippen LogP contribution in [0.2, 0.25) is 0 Å². The second-order valence-electron chi connectivity index (χ2n) is 4.74. The van der Waals surface area contributed by atoms with E-state index in [1.807, 2.05) is 6.20 Å². The number of rotatable bonds is 4. The van der Waals surface area contributed by atoms with Crippen molar-refractivity contribution in [3.05, 3.63) is 18.2 Å². The van der Waals surface area contributed by atoms with Gasteiger partial charge in [-0.25, -0.2) is 4.98 Å². The maximum absolute atomic E-state index is 4.48. The molecule has 0 saturated carbocycles. The molecule has 1 aliphatic heterocycles. The monoisotopic (exact) mass is 221 g/mol. The predicted octanol–water partition coefficient (Wildman–Crippen LogP) is 2.37. The highest BCUT2D eigenvalue weighted by Gasteiger charge is 2.14. The summed E-state index contributed by atoms with van der Waals surface area (Å²) in [5.74, 6) is 1.25. The van der Waals surface area contributed by atoms with Gasteiger partial charge in [-0.05, 0) is 25.8 Å². The molecule has 90 valence electrons. The average molecular weight is 221 g/mol. The first-order chi connectivity index (χ1) is 7.90. The van der Waals surface area contributed by atoms with Gasteiger partial charge in [-0.3, -0.25) is 0 Å². The molecule has 1 N–H and O–H groups in total. The highest BCUT2D eigenvalue weighted by atomic mass is 15.1. The molecule has 3 nitrogen and oxygen atoms in total. The predicted molar refractivity (Wildman–Crippen MR) is 66.5 cm³/mol. The average Bonchev–Trinajstić information content (AvgIpc) is 2.56. The summed E-state index contributed by atoms with van der Waals surface area (Å²) in [7, 11) is 0. The van der Waals surface area contributed by atoms with E-state index in [4.69, 9.17) is 0 Å². The quantitative estimate of drug-likeness (QED) is 0.846. The minimum atomic E-state index is 0.639. The van der Waals surface area contributed by atoms with Crippen LogP contribution >= 0.6 is 0 Å². The molecular weight excluding hydrogens is 198 g/mol. The molecule has 0 aliphatic carbocycles. The van der Waals surface area contributed by atoms with E-state index >= 15 is 0 Å². The van der Waals surface area contributed by atoms with Crippen molar-refractivity contribution < 1.29 is 0 Å². The SMILES string of the molecule is CCCn1ccnc1CC1CCCCCN1. The largest absolute Gasteiger partial charge is 0.335 e.